The Balaban J connectivity index is 1.21. The third-order valence-corrected chi connectivity index (χ3v) is 6.43. The first kappa shape index (κ1) is 26.7. The molecule has 0 unspecified atom stereocenters. The molecule has 0 atom stereocenters. The molecule has 4 rings (SSSR count). The van der Waals surface area contributed by atoms with Crippen molar-refractivity contribution in [2.75, 3.05) is 11.4 Å². The highest BCUT2D eigenvalue weighted by Crippen LogP contribution is 2.25. The second-order valence-corrected chi connectivity index (χ2v) is 9.18. The van der Waals surface area contributed by atoms with Crippen LogP contribution in [0.4, 0.5) is 5.69 Å². The fourth-order valence-electron chi connectivity index (χ4n) is 4.27. The number of hydrogen-bond acceptors (Lipinski definition) is 4. The second kappa shape index (κ2) is 13.3. The number of nitrogens with one attached hydrogen (secondary N) is 1. The number of hydrogen-bond donors (Lipinski definition) is 1. The number of aryl methyl sites for hydroxylation is 1. The van der Waals surface area contributed by atoms with Gasteiger partial charge in [0.05, 0.1) is 12.2 Å². The van der Waals surface area contributed by atoms with Crippen LogP contribution in [0.15, 0.2) is 72.8 Å². The van der Waals surface area contributed by atoms with Crippen molar-refractivity contribution < 1.29 is 19.1 Å². The standard InChI is InChI=1S/C32H32N2O4/c1-2-24-15-19-28(20-16-24)38-32(37)14-8-7-13-30(35)33-22-21-31(36)34-23-27-11-4-3-9-25(27)17-18-26-10-5-6-12-29(26)34/h3-6,9-12,15-16,19-20H,2,7-8,13-14,21-23H2,1H3,(H,33,35). The van der Waals surface area contributed by atoms with Gasteiger partial charge in [0.2, 0.25) is 11.8 Å². The molecule has 1 aliphatic rings. The van der Waals surface area contributed by atoms with Crippen LogP contribution in [0.5, 0.6) is 5.75 Å². The van der Waals surface area contributed by atoms with Crippen LogP contribution in [0.2, 0.25) is 0 Å². The average Bonchev–Trinajstić information content (AvgIpc) is 2.93. The number of anilines is 1. The summed E-state index contributed by atoms with van der Waals surface area (Å²) in [6, 6.07) is 22.9. The summed E-state index contributed by atoms with van der Waals surface area (Å²) in [7, 11) is 0. The molecule has 2 amide bonds. The third kappa shape index (κ3) is 7.33. The molecule has 0 saturated heterocycles. The van der Waals surface area contributed by atoms with E-state index in [2.05, 4.69) is 24.1 Å². The van der Waals surface area contributed by atoms with Gasteiger partial charge in [0, 0.05) is 36.9 Å². The Kier molecular flexibility index (Phi) is 9.31. The van der Waals surface area contributed by atoms with E-state index in [4.69, 9.17) is 4.74 Å². The maximum Gasteiger partial charge on any atom is 0.311 e. The zero-order chi connectivity index (χ0) is 26.7. The number of unbranched alkanes of at least 4 members (excludes halogenated alkanes) is 1. The van der Waals surface area contributed by atoms with E-state index in [1.807, 2.05) is 60.7 Å². The SMILES string of the molecule is CCc1ccc(OC(=O)CCCCC(=O)NCCC(=O)N2Cc3ccccc3C#Cc3ccccc32)cc1. The van der Waals surface area contributed by atoms with Crippen LogP contribution < -0.4 is 15.0 Å². The molecule has 0 aliphatic carbocycles. The van der Waals surface area contributed by atoms with Crippen molar-refractivity contribution in [1.82, 2.24) is 5.32 Å². The van der Waals surface area contributed by atoms with Crippen molar-refractivity contribution in [3.8, 4) is 17.6 Å². The minimum Gasteiger partial charge on any atom is -0.427 e. The van der Waals surface area contributed by atoms with Crippen LogP contribution in [0.25, 0.3) is 0 Å². The fraction of sp³-hybridized carbons (Fsp3) is 0.281. The minimum atomic E-state index is -0.306. The highest BCUT2D eigenvalue weighted by atomic mass is 16.5. The predicted octanol–water partition coefficient (Wildman–Crippen LogP) is 5.17. The van der Waals surface area contributed by atoms with E-state index in [1.54, 1.807) is 17.0 Å². The van der Waals surface area contributed by atoms with Gasteiger partial charge in [-0.3, -0.25) is 14.4 Å². The van der Waals surface area contributed by atoms with E-state index in [1.165, 1.54) is 5.56 Å². The van der Waals surface area contributed by atoms with Gasteiger partial charge in [-0.1, -0.05) is 61.2 Å². The van der Waals surface area contributed by atoms with Gasteiger partial charge in [0.1, 0.15) is 5.75 Å². The molecule has 6 nitrogen and oxygen atoms in total. The quantitative estimate of drug-likeness (QED) is 0.178. The molecule has 38 heavy (non-hydrogen) atoms. The Morgan fingerprint density at radius 1 is 0.842 bits per heavy atom. The van der Waals surface area contributed by atoms with Gasteiger partial charge in [0.25, 0.3) is 0 Å². The van der Waals surface area contributed by atoms with Gasteiger partial charge in [-0.15, -0.1) is 0 Å². The van der Waals surface area contributed by atoms with E-state index in [0.717, 1.165) is 28.8 Å². The summed E-state index contributed by atoms with van der Waals surface area (Å²) in [6.07, 6.45) is 2.78. The normalized spacial score (nSPS) is 11.7. The molecule has 0 spiro atoms. The molecule has 0 bridgehead atoms. The topological polar surface area (TPSA) is 75.7 Å². The summed E-state index contributed by atoms with van der Waals surface area (Å²) >= 11 is 0. The van der Waals surface area contributed by atoms with Gasteiger partial charge >= 0.3 is 5.97 Å². The number of benzene rings is 3. The number of nitrogens with zero attached hydrogens (tertiary/aromatic N) is 1. The van der Waals surface area contributed by atoms with E-state index in [0.29, 0.717) is 31.6 Å². The van der Waals surface area contributed by atoms with Crippen molar-refractivity contribution in [3.63, 3.8) is 0 Å². The Morgan fingerprint density at radius 2 is 1.53 bits per heavy atom. The van der Waals surface area contributed by atoms with E-state index in [-0.39, 0.29) is 37.2 Å². The van der Waals surface area contributed by atoms with Crippen LogP contribution in [0, 0.1) is 11.8 Å². The Morgan fingerprint density at radius 3 is 2.32 bits per heavy atom. The highest BCUT2D eigenvalue weighted by Gasteiger charge is 2.21. The van der Waals surface area contributed by atoms with Crippen molar-refractivity contribution in [3.05, 3.63) is 95.1 Å². The number of ether oxygens (including phenoxy) is 1. The smallest absolute Gasteiger partial charge is 0.311 e. The van der Waals surface area contributed by atoms with Crippen molar-refractivity contribution in [1.29, 1.82) is 0 Å². The Labute approximate surface area is 224 Å². The molecule has 0 fully saturated rings. The molecule has 0 saturated carbocycles. The Hall–Kier alpha value is -4.37. The van der Waals surface area contributed by atoms with E-state index in [9.17, 15) is 14.4 Å². The number of fused-ring (bicyclic) bond motifs is 2. The van der Waals surface area contributed by atoms with Gasteiger partial charge in [-0.05, 0) is 60.7 Å². The highest BCUT2D eigenvalue weighted by molar-refractivity contribution is 5.95. The van der Waals surface area contributed by atoms with Crippen LogP contribution in [-0.2, 0) is 27.3 Å². The maximum absolute atomic E-state index is 13.2. The zero-order valence-corrected chi connectivity index (χ0v) is 21.7. The van der Waals surface area contributed by atoms with Crippen LogP contribution in [0.1, 0.15) is 61.3 Å². The van der Waals surface area contributed by atoms with E-state index < -0.39 is 0 Å². The predicted molar refractivity (Wildman–Crippen MR) is 148 cm³/mol. The molecule has 0 aromatic heterocycles. The molecule has 1 aliphatic heterocycles. The van der Waals surface area contributed by atoms with Crippen LogP contribution >= 0.6 is 0 Å². The van der Waals surface area contributed by atoms with E-state index >= 15 is 0 Å². The van der Waals surface area contributed by atoms with Crippen molar-refractivity contribution in [2.45, 2.75) is 52.0 Å². The van der Waals surface area contributed by atoms with Gasteiger partial charge in [-0.2, -0.15) is 0 Å². The third-order valence-electron chi connectivity index (χ3n) is 6.43. The lowest BCUT2D eigenvalue weighted by Gasteiger charge is -2.26. The average molecular weight is 509 g/mol. The molecule has 3 aromatic rings. The zero-order valence-electron chi connectivity index (χ0n) is 21.7. The summed E-state index contributed by atoms with van der Waals surface area (Å²) in [6.45, 7) is 2.74. The van der Waals surface area contributed by atoms with Crippen LogP contribution in [-0.4, -0.2) is 24.3 Å². The lowest BCUT2D eigenvalue weighted by molar-refractivity contribution is -0.134. The summed E-state index contributed by atoms with van der Waals surface area (Å²) in [5, 5.41) is 2.83. The number of amides is 2. The minimum absolute atomic E-state index is 0.0778. The monoisotopic (exact) mass is 508 g/mol. The number of carbonyl (C=O) groups is 3. The lowest BCUT2D eigenvalue weighted by atomic mass is 10.0. The summed E-state index contributed by atoms with van der Waals surface area (Å²) in [5.41, 5.74) is 4.66. The summed E-state index contributed by atoms with van der Waals surface area (Å²) in [5.74, 6) is 6.42. The molecule has 6 heteroatoms. The fourth-order valence-corrected chi connectivity index (χ4v) is 4.27. The molecule has 1 heterocycles. The summed E-state index contributed by atoms with van der Waals surface area (Å²) < 4.78 is 5.34. The molecule has 194 valence electrons. The number of carbonyl (C=O) groups excluding carboxylic acids is 3. The second-order valence-electron chi connectivity index (χ2n) is 9.18. The Bertz CT molecular complexity index is 1350. The maximum atomic E-state index is 13.2. The lowest BCUT2D eigenvalue weighted by Crippen LogP contribution is -2.35. The first-order valence-electron chi connectivity index (χ1n) is 13.1. The molecule has 3 aromatic carbocycles. The van der Waals surface area contributed by atoms with Gasteiger partial charge in [0.15, 0.2) is 0 Å². The molecular weight excluding hydrogens is 476 g/mol. The number of esters is 1. The van der Waals surface area contributed by atoms with Gasteiger partial charge in [-0.25, -0.2) is 0 Å². The molecule has 0 radical (unpaired) electrons. The van der Waals surface area contributed by atoms with Crippen molar-refractivity contribution in [2.24, 2.45) is 0 Å². The number of rotatable bonds is 10. The van der Waals surface area contributed by atoms with Crippen LogP contribution in [0.3, 0.4) is 0 Å². The molecular formula is C32H32N2O4. The first-order valence-corrected chi connectivity index (χ1v) is 13.1. The van der Waals surface area contributed by atoms with Crippen molar-refractivity contribution >= 4 is 23.5 Å². The largest absolute Gasteiger partial charge is 0.427 e. The van der Waals surface area contributed by atoms with Gasteiger partial charge < -0.3 is 15.0 Å². The summed E-state index contributed by atoms with van der Waals surface area (Å²) in [4.78, 5) is 39.3. The molecule has 1 N–H and O–H groups in total. The first-order chi connectivity index (χ1) is 18.5. The number of para-hydroxylation sites is 1.